The van der Waals surface area contributed by atoms with Crippen LogP contribution in [-0.2, 0) is 10.0 Å². The standard InChI is InChI=1S/C21H20ClN3O4S2/c1-29-17-7-5-15(6-8-17)20-23-19(14-30-20)21(26)24-9-11-25(12-10-24)31(27,28)18-4-2-3-16(22)13-18/h2-8,13-14H,9-12H2,1H3. The monoisotopic (exact) mass is 477 g/mol. The van der Waals surface area contributed by atoms with E-state index in [0.717, 1.165) is 16.3 Å². The Hall–Kier alpha value is -2.46. The minimum atomic E-state index is -3.65. The number of sulfonamides is 1. The molecule has 0 spiro atoms. The quantitative estimate of drug-likeness (QED) is 0.560. The third-order valence-corrected chi connectivity index (χ3v) is 8.04. The number of hydrogen-bond acceptors (Lipinski definition) is 6. The average molecular weight is 478 g/mol. The fourth-order valence-electron chi connectivity index (χ4n) is 3.31. The first kappa shape index (κ1) is 21.8. The van der Waals surface area contributed by atoms with Crippen molar-refractivity contribution >= 4 is 38.9 Å². The number of carbonyl (C=O) groups excluding carboxylic acids is 1. The van der Waals surface area contributed by atoms with Gasteiger partial charge in [-0.1, -0.05) is 17.7 Å². The van der Waals surface area contributed by atoms with Crippen molar-refractivity contribution in [2.45, 2.75) is 4.90 Å². The molecule has 1 fully saturated rings. The van der Waals surface area contributed by atoms with E-state index in [9.17, 15) is 13.2 Å². The predicted octanol–water partition coefficient (Wildman–Crippen LogP) is 3.62. The zero-order valence-electron chi connectivity index (χ0n) is 16.7. The Morgan fingerprint density at radius 3 is 2.45 bits per heavy atom. The Morgan fingerprint density at radius 2 is 1.81 bits per heavy atom. The molecule has 0 aliphatic carbocycles. The van der Waals surface area contributed by atoms with Gasteiger partial charge in [-0.05, 0) is 42.5 Å². The largest absolute Gasteiger partial charge is 0.497 e. The normalized spacial score (nSPS) is 15.1. The third-order valence-electron chi connectivity index (χ3n) is 5.02. The van der Waals surface area contributed by atoms with Gasteiger partial charge in [-0.3, -0.25) is 4.79 Å². The molecule has 3 aromatic rings. The lowest BCUT2D eigenvalue weighted by Crippen LogP contribution is -2.50. The Bertz CT molecular complexity index is 1190. The van der Waals surface area contributed by atoms with E-state index in [2.05, 4.69) is 4.98 Å². The van der Waals surface area contributed by atoms with Crippen molar-refractivity contribution in [3.63, 3.8) is 0 Å². The zero-order valence-corrected chi connectivity index (χ0v) is 19.1. The number of aromatic nitrogens is 1. The number of halogens is 1. The van der Waals surface area contributed by atoms with Gasteiger partial charge in [0.05, 0.1) is 12.0 Å². The van der Waals surface area contributed by atoms with Crippen LogP contribution in [0.2, 0.25) is 5.02 Å². The van der Waals surface area contributed by atoms with E-state index in [1.54, 1.807) is 29.5 Å². The Balaban J connectivity index is 1.42. The molecule has 0 saturated carbocycles. The number of methoxy groups -OCH3 is 1. The minimum Gasteiger partial charge on any atom is -0.497 e. The maximum absolute atomic E-state index is 12.9. The third kappa shape index (κ3) is 4.59. The second-order valence-corrected chi connectivity index (χ2v) is 10.2. The van der Waals surface area contributed by atoms with E-state index in [1.165, 1.54) is 27.8 Å². The molecule has 0 bridgehead atoms. The number of piperazine rings is 1. The van der Waals surface area contributed by atoms with Gasteiger partial charge in [0.1, 0.15) is 16.5 Å². The second-order valence-electron chi connectivity index (χ2n) is 6.92. The number of rotatable bonds is 5. The number of benzene rings is 2. The molecule has 2 heterocycles. The SMILES string of the molecule is COc1ccc(-c2nc(C(=O)N3CCN(S(=O)(=O)c4cccc(Cl)c4)CC3)cs2)cc1. The maximum atomic E-state index is 12.9. The lowest BCUT2D eigenvalue weighted by atomic mass is 10.2. The van der Waals surface area contributed by atoms with E-state index in [-0.39, 0.29) is 23.9 Å². The fourth-order valence-corrected chi connectivity index (χ4v) is 5.83. The highest BCUT2D eigenvalue weighted by Crippen LogP contribution is 2.27. The van der Waals surface area contributed by atoms with Gasteiger partial charge in [0.2, 0.25) is 10.0 Å². The van der Waals surface area contributed by atoms with Crippen molar-refractivity contribution in [1.29, 1.82) is 0 Å². The molecular formula is C21H20ClN3O4S2. The van der Waals surface area contributed by atoms with Crippen LogP contribution in [0.4, 0.5) is 0 Å². The minimum absolute atomic E-state index is 0.156. The number of carbonyl (C=O) groups is 1. The summed E-state index contributed by atoms with van der Waals surface area (Å²) in [5, 5.41) is 2.84. The molecule has 1 aliphatic heterocycles. The molecule has 162 valence electrons. The molecule has 1 saturated heterocycles. The zero-order chi connectivity index (χ0) is 22.0. The summed E-state index contributed by atoms with van der Waals surface area (Å²) in [6.07, 6.45) is 0. The predicted molar refractivity (Wildman–Crippen MR) is 120 cm³/mol. The van der Waals surface area contributed by atoms with E-state index in [1.807, 2.05) is 24.3 Å². The van der Waals surface area contributed by atoms with Crippen molar-refractivity contribution in [2.75, 3.05) is 33.3 Å². The lowest BCUT2D eigenvalue weighted by Gasteiger charge is -2.33. The Morgan fingerprint density at radius 1 is 1.10 bits per heavy atom. The molecule has 0 atom stereocenters. The van der Waals surface area contributed by atoms with Crippen molar-refractivity contribution in [3.8, 4) is 16.3 Å². The number of amides is 1. The number of thiazole rings is 1. The summed E-state index contributed by atoms with van der Waals surface area (Å²) in [7, 11) is -2.04. The topological polar surface area (TPSA) is 79.8 Å². The molecule has 1 amide bonds. The van der Waals surface area contributed by atoms with E-state index in [4.69, 9.17) is 16.3 Å². The van der Waals surface area contributed by atoms with Crippen LogP contribution in [0.5, 0.6) is 5.75 Å². The van der Waals surface area contributed by atoms with Crippen molar-refractivity contribution < 1.29 is 17.9 Å². The van der Waals surface area contributed by atoms with Crippen LogP contribution in [-0.4, -0.2) is 61.8 Å². The summed E-state index contributed by atoms with van der Waals surface area (Å²) >= 11 is 7.33. The first-order valence-electron chi connectivity index (χ1n) is 9.53. The van der Waals surface area contributed by atoms with E-state index >= 15 is 0 Å². The molecule has 0 radical (unpaired) electrons. The summed E-state index contributed by atoms with van der Waals surface area (Å²) in [5.41, 5.74) is 1.27. The molecule has 2 aromatic carbocycles. The summed E-state index contributed by atoms with van der Waals surface area (Å²) in [5.74, 6) is 0.554. The maximum Gasteiger partial charge on any atom is 0.273 e. The fraction of sp³-hybridized carbons (Fsp3) is 0.238. The van der Waals surface area contributed by atoms with Gasteiger partial charge in [-0.25, -0.2) is 13.4 Å². The van der Waals surface area contributed by atoms with Crippen LogP contribution in [0.3, 0.4) is 0 Å². The second kappa shape index (κ2) is 8.96. The first-order valence-corrected chi connectivity index (χ1v) is 12.2. The molecular weight excluding hydrogens is 458 g/mol. The molecule has 31 heavy (non-hydrogen) atoms. The van der Waals surface area contributed by atoms with Crippen molar-refractivity contribution in [2.24, 2.45) is 0 Å². The summed E-state index contributed by atoms with van der Waals surface area (Å²) in [6, 6.07) is 13.7. The highest BCUT2D eigenvalue weighted by atomic mass is 35.5. The number of ether oxygens (including phenoxy) is 1. The van der Waals surface area contributed by atoms with Gasteiger partial charge in [0, 0.05) is 42.1 Å². The summed E-state index contributed by atoms with van der Waals surface area (Å²) < 4.78 is 32.2. The summed E-state index contributed by atoms with van der Waals surface area (Å²) in [4.78, 5) is 19.1. The van der Waals surface area contributed by atoms with Gasteiger partial charge in [-0.2, -0.15) is 4.31 Å². The van der Waals surface area contributed by atoms with Crippen LogP contribution < -0.4 is 4.74 Å². The average Bonchev–Trinajstić information content (AvgIpc) is 3.29. The lowest BCUT2D eigenvalue weighted by molar-refractivity contribution is 0.0693. The first-order chi connectivity index (χ1) is 14.9. The molecule has 0 unspecified atom stereocenters. The molecule has 0 N–H and O–H groups in total. The van der Waals surface area contributed by atoms with Crippen LogP contribution in [0.15, 0.2) is 58.8 Å². The molecule has 1 aliphatic rings. The summed E-state index contributed by atoms with van der Waals surface area (Å²) in [6.45, 7) is 1.04. The highest BCUT2D eigenvalue weighted by Gasteiger charge is 2.31. The van der Waals surface area contributed by atoms with Gasteiger partial charge in [0.15, 0.2) is 0 Å². The highest BCUT2D eigenvalue weighted by molar-refractivity contribution is 7.89. The van der Waals surface area contributed by atoms with Gasteiger partial charge in [-0.15, -0.1) is 11.3 Å². The number of nitrogens with zero attached hydrogens (tertiary/aromatic N) is 3. The number of hydrogen-bond donors (Lipinski definition) is 0. The van der Waals surface area contributed by atoms with Crippen LogP contribution in [0.1, 0.15) is 10.5 Å². The Labute approximate surface area is 189 Å². The molecule has 4 rings (SSSR count). The van der Waals surface area contributed by atoms with Gasteiger partial charge < -0.3 is 9.64 Å². The molecule has 7 nitrogen and oxygen atoms in total. The smallest absolute Gasteiger partial charge is 0.273 e. The van der Waals surface area contributed by atoms with Crippen LogP contribution in [0.25, 0.3) is 10.6 Å². The van der Waals surface area contributed by atoms with Crippen LogP contribution >= 0.6 is 22.9 Å². The van der Waals surface area contributed by atoms with Crippen molar-refractivity contribution in [1.82, 2.24) is 14.2 Å². The van der Waals surface area contributed by atoms with Crippen molar-refractivity contribution in [3.05, 3.63) is 64.6 Å². The Kier molecular flexibility index (Phi) is 6.29. The van der Waals surface area contributed by atoms with E-state index in [0.29, 0.717) is 23.8 Å². The van der Waals surface area contributed by atoms with Crippen LogP contribution in [0, 0.1) is 0 Å². The van der Waals surface area contributed by atoms with Gasteiger partial charge in [0.25, 0.3) is 5.91 Å². The molecule has 10 heteroatoms. The van der Waals surface area contributed by atoms with Gasteiger partial charge >= 0.3 is 0 Å². The molecule has 1 aromatic heterocycles. The van der Waals surface area contributed by atoms with E-state index < -0.39 is 10.0 Å².